The van der Waals surface area contributed by atoms with E-state index in [1.54, 1.807) is 30.1 Å². The van der Waals surface area contributed by atoms with E-state index in [4.69, 9.17) is 0 Å². The predicted molar refractivity (Wildman–Crippen MR) is 93.8 cm³/mol. The Morgan fingerprint density at radius 3 is 2.33 bits per heavy atom. The van der Waals surface area contributed by atoms with Crippen LogP contribution >= 0.6 is 0 Å². The average Bonchev–Trinajstić information content (AvgIpc) is 2.55. The van der Waals surface area contributed by atoms with E-state index in [1.165, 1.54) is 11.6 Å². The molecule has 0 aliphatic carbocycles. The molecular weight excluding hydrogens is 304 g/mol. The molecule has 0 radical (unpaired) electrons. The van der Waals surface area contributed by atoms with Crippen molar-refractivity contribution in [1.29, 1.82) is 0 Å². The van der Waals surface area contributed by atoms with Gasteiger partial charge in [-0.3, -0.25) is 14.9 Å². The monoisotopic (exact) mass is 326 g/mol. The normalized spacial score (nSPS) is 10.7. The smallest absolute Gasteiger partial charge is 0.273 e. The third-order valence-electron chi connectivity index (χ3n) is 4.02. The quantitative estimate of drug-likeness (QED) is 0.597. The third kappa shape index (κ3) is 4.41. The highest BCUT2D eigenvalue weighted by molar-refractivity contribution is 5.79. The van der Waals surface area contributed by atoms with Crippen molar-refractivity contribution in [3.05, 3.63) is 75.3 Å². The van der Waals surface area contributed by atoms with Crippen LogP contribution in [0.2, 0.25) is 0 Å². The largest absolute Gasteiger partial charge is 0.341 e. The van der Waals surface area contributed by atoms with Gasteiger partial charge in [-0.05, 0) is 17.0 Å². The van der Waals surface area contributed by atoms with Crippen LogP contribution in [0.15, 0.2) is 48.5 Å². The lowest BCUT2D eigenvalue weighted by molar-refractivity contribution is -0.385. The van der Waals surface area contributed by atoms with E-state index in [0.717, 1.165) is 5.56 Å². The molecule has 5 nitrogen and oxygen atoms in total. The van der Waals surface area contributed by atoms with Gasteiger partial charge < -0.3 is 4.90 Å². The Morgan fingerprint density at radius 2 is 1.75 bits per heavy atom. The van der Waals surface area contributed by atoms with Gasteiger partial charge in [0.2, 0.25) is 5.91 Å². The minimum Gasteiger partial charge on any atom is -0.341 e. The van der Waals surface area contributed by atoms with Gasteiger partial charge in [0.15, 0.2) is 0 Å². The number of rotatable bonds is 6. The Hall–Kier alpha value is -2.69. The highest BCUT2D eigenvalue weighted by Crippen LogP contribution is 2.19. The molecule has 0 aromatic heterocycles. The Balaban J connectivity index is 2.03. The summed E-state index contributed by atoms with van der Waals surface area (Å²) in [4.78, 5) is 24.5. The summed E-state index contributed by atoms with van der Waals surface area (Å²) < 4.78 is 0. The molecule has 24 heavy (non-hydrogen) atoms. The first-order chi connectivity index (χ1) is 11.4. The Kier molecular flexibility index (Phi) is 5.68. The van der Waals surface area contributed by atoms with Gasteiger partial charge in [0, 0.05) is 25.2 Å². The van der Waals surface area contributed by atoms with Crippen LogP contribution in [-0.4, -0.2) is 22.8 Å². The lowest BCUT2D eigenvalue weighted by Crippen LogP contribution is -2.27. The summed E-state index contributed by atoms with van der Waals surface area (Å²) in [5.74, 6) is 0.328. The first kappa shape index (κ1) is 17.7. The second kappa shape index (κ2) is 7.73. The lowest BCUT2D eigenvalue weighted by atomic mass is 10.0. The topological polar surface area (TPSA) is 63.5 Å². The van der Waals surface area contributed by atoms with E-state index >= 15 is 0 Å². The standard InChI is InChI=1S/C19H22N2O3/c1-14(2)16-10-8-15(9-11-16)13-20(3)19(22)12-17-6-4-5-7-18(17)21(23)24/h4-11,14H,12-13H2,1-3H3. The van der Waals surface area contributed by atoms with E-state index in [1.807, 2.05) is 12.1 Å². The number of likely N-dealkylation sites (N-methyl/N-ethyl adjacent to an activating group) is 1. The molecule has 0 heterocycles. The summed E-state index contributed by atoms with van der Waals surface area (Å²) in [5.41, 5.74) is 2.72. The number of hydrogen-bond donors (Lipinski definition) is 0. The van der Waals surface area contributed by atoms with Crippen molar-refractivity contribution in [3.8, 4) is 0 Å². The zero-order valence-electron chi connectivity index (χ0n) is 14.2. The molecule has 0 N–H and O–H groups in total. The van der Waals surface area contributed by atoms with Gasteiger partial charge in [-0.2, -0.15) is 0 Å². The molecule has 0 bridgehead atoms. The van der Waals surface area contributed by atoms with E-state index in [0.29, 0.717) is 18.0 Å². The number of nitro benzene ring substituents is 1. The van der Waals surface area contributed by atoms with Crippen molar-refractivity contribution >= 4 is 11.6 Å². The highest BCUT2D eigenvalue weighted by Gasteiger charge is 2.17. The minimum atomic E-state index is -0.451. The van der Waals surface area contributed by atoms with Gasteiger partial charge >= 0.3 is 0 Å². The number of benzene rings is 2. The zero-order chi connectivity index (χ0) is 17.7. The average molecular weight is 326 g/mol. The van der Waals surface area contributed by atoms with Crippen molar-refractivity contribution in [1.82, 2.24) is 4.90 Å². The van der Waals surface area contributed by atoms with Crippen molar-refractivity contribution in [2.45, 2.75) is 32.7 Å². The first-order valence-electron chi connectivity index (χ1n) is 7.93. The molecule has 0 fully saturated rings. The fourth-order valence-corrected chi connectivity index (χ4v) is 2.51. The zero-order valence-corrected chi connectivity index (χ0v) is 14.2. The SMILES string of the molecule is CC(C)c1ccc(CN(C)C(=O)Cc2ccccc2[N+](=O)[O-])cc1. The Morgan fingerprint density at radius 1 is 1.12 bits per heavy atom. The molecule has 2 rings (SSSR count). The van der Waals surface area contributed by atoms with Crippen LogP contribution in [0.25, 0.3) is 0 Å². The number of carbonyl (C=O) groups excluding carboxylic acids is 1. The molecule has 0 atom stereocenters. The number of nitro groups is 1. The first-order valence-corrected chi connectivity index (χ1v) is 7.93. The fraction of sp³-hybridized carbons (Fsp3) is 0.316. The van der Waals surface area contributed by atoms with Crippen LogP contribution in [0.4, 0.5) is 5.69 Å². The van der Waals surface area contributed by atoms with Crippen molar-refractivity contribution in [2.24, 2.45) is 0 Å². The second-order valence-electron chi connectivity index (χ2n) is 6.21. The van der Waals surface area contributed by atoms with Gasteiger partial charge in [-0.15, -0.1) is 0 Å². The molecule has 126 valence electrons. The molecule has 0 spiro atoms. The van der Waals surface area contributed by atoms with Gasteiger partial charge in [-0.1, -0.05) is 56.3 Å². The summed E-state index contributed by atoms with van der Waals surface area (Å²) >= 11 is 0. The maximum absolute atomic E-state index is 12.4. The molecule has 1 amide bonds. The summed E-state index contributed by atoms with van der Waals surface area (Å²) in [6.07, 6.45) is 0.0255. The van der Waals surface area contributed by atoms with Crippen LogP contribution < -0.4 is 0 Å². The highest BCUT2D eigenvalue weighted by atomic mass is 16.6. The maximum atomic E-state index is 12.4. The summed E-state index contributed by atoms with van der Waals surface area (Å²) in [7, 11) is 1.72. The van der Waals surface area contributed by atoms with Crippen LogP contribution in [-0.2, 0) is 17.8 Å². The summed E-state index contributed by atoms with van der Waals surface area (Å²) in [6.45, 7) is 4.76. The Bertz CT molecular complexity index is 724. The van der Waals surface area contributed by atoms with E-state index in [-0.39, 0.29) is 18.0 Å². The summed E-state index contributed by atoms with van der Waals surface area (Å²) in [6, 6.07) is 14.5. The van der Waals surface area contributed by atoms with Crippen LogP contribution in [0, 0.1) is 10.1 Å². The molecule has 0 unspecified atom stereocenters. The third-order valence-corrected chi connectivity index (χ3v) is 4.02. The van der Waals surface area contributed by atoms with Gasteiger partial charge in [-0.25, -0.2) is 0 Å². The number of hydrogen-bond acceptors (Lipinski definition) is 3. The molecule has 0 aliphatic heterocycles. The molecular formula is C19H22N2O3. The van der Waals surface area contributed by atoms with Crippen molar-refractivity contribution < 1.29 is 9.72 Å². The fourth-order valence-electron chi connectivity index (χ4n) is 2.51. The number of nitrogens with zero attached hydrogens (tertiary/aromatic N) is 2. The maximum Gasteiger partial charge on any atom is 0.273 e. The van der Waals surface area contributed by atoms with Gasteiger partial charge in [0.05, 0.1) is 11.3 Å². The molecule has 0 saturated heterocycles. The van der Waals surface area contributed by atoms with Crippen LogP contribution in [0.3, 0.4) is 0 Å². The molecule has 2 aromatic rings. The van der Waals surface area contributed by atoms with E-state index in [9.17, 15) is 14.9 Å². The van der Waals surface area contributed by atoms with Crippen LogP contribution in [0.5, 0.6) is 0 Å². The second-order valence-corrected chi connectivity index (χ2v) is 6.21. The predicted octanol–water partition coefficient (Wildman–Crippen LogP) is 3.92. The van der Waals surface area contributed by atoms with E-state index in [2.05, 4.69) is 26.0 Å². The summed E-state index contributed by atoms with van der Waals surface area (Å²) in [5, 5.41) is 11.0. The Labute approximate surface area is 142 Å². The molecule has 0 saturated carbocycles. The number of para-hydroxylation sites is 1. The lowest BCUT2D eigenvalue weighted by Gasteiger charge is -2.18. The van der Waals surface area contributed by atoms with Crippen LogP contribution in [0.1, 0.15) is 36.5 Å². The molecule has 0 aliphatic rings. The molecule has 5 heteroatoms. The van der Waals surface area contributed by atoms with Gasteiger partial charge in [0.1, 0.15) is 0 Å². The number of carbonyl (C=O) groups is 1. The number of amides is 1. The van der Waals surface area contributed by atoms with E-state index < -0.39 is 4.92 Å². The van der Waals surface area contributed by atoms with Gasteiger partial charge in [0.25, 0.3) is 5.69 Å². The molecule has 2 aromatic carbocycles. The van der Waals surface area contributed by atoms with Crippen molar-refractivity contribution in [3.63, 3.8) is 0 Å². The van der Waals surface area contributed by atoms with Crippen molar-refractivity contribution in [2.75, 3.05) is 7.05 Å². The minimum absolute atomic E-state index is 0.0134.